The van der Waals surface area contributed by atoms with Gasteiger partial charge in [0.25, 0.3) is 0 Å². The zero-order valence-electron chi connectivity index (χ0n) is 12.5. The van der Waals surface area contributed by atoms with Crippen molar-refractivity contribution in [1.82, 2.24) is 0 Å². The van der Waals surface area contributed by atoms with E-state index in [9.17, 15) is 4.79 Å². The summed E-state index contributed by atoms with van der Waals surface area (Å²) in [5.74, 6) is 0.437. The van der Waals surface area contributed by atoms with Crippen molar-refractivity contribution < 1.29 is 23.7 Å². The number of hydrogen-bond acceptors (Lipinski definition) is 5. The molecule has 2 unspecified atom stereocenters. The SMILES string of the molecule is C=C1COC(c2ccc(OC)c(OC)c2)C1C(=O)OCC. The fourth-order valence-electron chi connectivity index (χ4n) is 2.44. The minimum atomic E-state index is -0.483. The molecule has 1 aliphatic rings. The molecule has 5 heteroatoms. The van der Waals surface area contributed by atoms with Gasteiger partial charge >= 0.3 is 5.97 Å². The molecular formula is C16H20O5. The molecule has 1 fully saturated rings. The van der Waals surface area contributed by atoms with E-state index in [1.165, 1.54) is 0 Å². The maximum absolute atomic E-state index is 12.1. The number of esters is 1. The average Bonchev–Trinajstić information content (AvgIpc) is 2.88. The standard InChI is InChI=1S/C16H20O5/c1-5-20-16(17)14-10(2)9-21-15(14)11-6-7-12(18-3)13(8-11)19-4/h6-8,14-15H,2,5,9H2,1,3-4H3. The minimum Gasteiger partial charge on any atom is -0.493 e. The Bertz CT molecular complexity index is 537. The lowest BCUT2D eigenvalue weighted by atomic mass is 9.92. The van der Waals surface area contributed by atoms with Crippen molar-refractivity contribution in [2.75, 3.05) is 27.4 Å². The molecule has 114 valence electrons. The third kappa shape index (κ3) is 3.03. The monoisotopic (exact) mass is 292 g/mol. The summed E-state index contributed by atoms with van der Waals surface area (Å²) in [6.45, 7) is 6.37. The van der Waals surface area contributed by atoms with Gasteiger partial charge in [-0.1, -0.05) is 12.6 Å². The second-order valence-electron chi connectivity index (χ2n) is 4.73. The normalized spacial score (nSPS) is 21.2. The Kier molecular flexibility index (Phi) is 4.85. The summed E-state index contributed by atoms with van der Waals surface area (Å²) in [7, 11) is 3.14. The maximum atomic E-state index is 12.1. The summed E-state index contributed by atoms with van der Waals surface area (Å²) < 4.78 is 21.3. The highest BCUT2D eigenvalue weighted by molar-refractivity contribution is 5.77. The van der Waals surface area contributed by atoms with Crippen LogP contribution in [-0.2, 0) is 14.3 Å². The van der Waals surface area contributed by atoms with Gasteiger partial charge in [0.2, 0.25) is 0 Å². The first-order valence-corrected chi connectivity index (χ1v) is 6.80. The molecule has 0 spiro atoms. The fraction of sp³-hybridized carbons (Fsp3) is 0.438. The molecule has 0 saturated carbocycles. The predicted molar refractivity (Wildman–Crippen MR) is 77.5 cm³/mol. The Hall–Kier alpha value is -2.01. The van der Waals surface area contributed by atoms with Crippen LogP contribution in [0.15, 0.2) is 30.4 Å². The molecule has 0 amide bonds. The molecule has 21 heavy (non-hydrogen) atoms. The number of carbonyl (C=O) groups is 1. The minimum absolute atomic E-state index is 0.306. The van der Waals surface area contributed by atoms with Gasteiger partial charge < -0.3 is 18.9 Å². The summed E-state index contributed by atoms with van der Waals surface area (Å²) in [5, 5.41) is 0. The highest BCUT2D eigenvalue weighted by Gasteiger charge is 2.39. The first-order chi connectivity index (χ1) is 10.1. The van der Waals surface area contributed by atoms with Gasteiger partial charge in [0.15, 0.2) is 11.5 Å². The van der Waals surface area contributed by atoms with Crippen molar-refractivity contribution >= 4 is 5.97 Å². The summed E-state index contributed by atoms with van der Waals surface area (Å²) in [5.41, 5.74) is 1.57. The zero-order chi connectivity index (χ0) is 15.4. The topological polar surface area (TPSA) is 54.0 Å². The summed E-state index contributed by atoms with van der Waals surface area (Å²) in [4.78, 5) is 12.1. The highest BCUT2D eigenvalue weighted by atomic mass is 16.5. The van der Waals surface area contributed by atoms with Crippen LogP contribution in [0.4, 0.5) is 0 Å². The smallest absolute Gasteiger partial charge is 0.316 e. The molecule has 0 bridgehead atoms. The van der Waals surface area contributed by atoms with Crippen LogP contribution in [0, 0.1) is 5.92 Å². The van der Waals surface area contributed by atoms with Gasteiger partial charge in [-0.15, -0.1) is 0 Å². The first-order valence-electron chi connectivity index (χ1n) is 6.80. The average molecular weight is 292 g/mol. The second kappa shape index (κ2) is 6.63. The molecule has 2 atom stereocenters. The highest BCUT2D eigenvalue weighted by Crippen LogP contribution is 2.40. The van der Waals surface area contributed by atoms with E-state index in [0.29, 0.717) is 24.7 Å². The van der Waals surface area contributed by atoms with Gasteiger partial charge in [0, 0.05) is 0 Å². The van der Waals surface area contributed by atoms with Gasteiger partial charge in [-0.3, -0.25) is 4.79 Å². The lowest BCUT2D eigenvalue weighted by molar-refractivity contribution is -0.148. The van der Waals surface area contributed by atoms with Crippen molar-refractivity contribution in [3.63, 3.8) is 0 Å². The van der Waals surface area contributed by atoms with Crippen LogP contribution in [-0.4, -0.2) is 33.4 Å². The molecule has 2 rings (SSSR count). The maximum Gasteiger partial charge on any atom is 0.316 e. The summed E-state index contributed by atoms with van der Waals surface area (Å²) >= 11 is 0. The Labute approximate surface area is 124 Å². The molecule has 1 aliphatic heterocycles. The molecule has 1 aromatic carbocycles. The lowest BCUT2D eigenvalue weighted by Crippen LogP contribution is -2.22. The number of hydrogen-bond donors (Lipinski definition) is 0. The molecule has 0 radical (unpaired) electrons. The van der Waals surface area contributed by atoms with Gasteiger partial charge in [-0.25, -0.2) is 0 Å². The van der Waals surface area contributed by atoms with E-state index in [4.69, 9.17) is 18.9 Å². The molecule has 1 saturated heterocycles. The van der Waals surface area contributed by atoms with E-state index in [2.05, 4.69) is 6.58 Å². The first kappa shape index (κ1) is 15.4. The van der Waals surface area contributed by atoms with Crippen molar-refractivity contribution in [3.05, 3.63) is 35.9 Å². The van der Waals surface area contributed by atoms with Crippen LogP contribution in [0.2, 0.25) is 0 Å². The Morgan fingerprint density at radius 3 is 2.67 bits per heavy atom. The van der Waals surface area contributed by atoms with Crippen molar-refractivity contribution in [2.45, 2.75) is 13.0 Å². The second-order valence-corrected chi connectivity index (χ2v) is 4.73. The van der Waals surface area contributed by atoms with Crippen LogP contribution in [0.3, 0.4) is 0 Å². The third-order valence-electron chi connectivity index (χ3n) is 3.47. The van der Waals surface area contributed by atoms with E-state index >= 15 is 0 Å². The number of methoxy groups -OCH3 is 2. The van der Waals surface area contributed by atoms with Crippen molar-refractivity contribution in [3.8, 4) is 11.5 Å². The molecular weight excluding hydrogens is 272 g/mol. The summed E-state index contributed by atoms with van der Waals surface area (Å²) in [6, 6.07) is 5.46. The number of carbonyl (C=O) groups excluding carboxylic acids is 1. The Balaban J connectivity index is 2.31. The number of rotatable bonds is 5. The van der Waals surface area contributed by atoms with E-state index in [1.807, 2.05) is 12.1 Å². The fourth-order valence-corrected chi connectivity index (χ4v) is 2.44. The van der Waals surface area contributed by atoms with Gasteiger partial charge in [-0.05, 0) is 30.2 Å². The van der Waals surface area contributed by atoms with Crippen molar-refractivity contribution in [2.24, 2.45) is 5.92 Å². The molecule has 0 N–H and O–H groups in total. The van der Waals surface area contributed by atoms with Gasteiger partial charge in [0.05, 0.1) is 27.4 Å². The van der Waals surface area contributed by atoms with E-state index in [-0.39, 0.29) is 5.97 Å². The molecule has 0 aliphatic carbocycles. The van der Waals surface area contributed by atoms with Crippen molar-refractivity contribution in [1.29, 1.82) is 0 Å². The largest absolute Gasteiger partial charge is 0.493 e. The van der Waals surface area contributed by atoms with Crippen LogP contribution in [0.1, 0.15) is 18.6 Å². The lowest BCUT2D eigenvalue weighted by Gasteiger charge is -2.19. The molecule has 1 aromatic rings. The quantitative estimate of drug-likeness (QED) is 0.616. The molecule has 0 aromatic heterocycles. The summed E-state index contributed by atoms with van der Waals surface area (Å²) in [6.07, 6.45) is -0.406. The van der Waals surface area contributed by atoms with E-state index < -0.39 is 12.0 Å². The Morgan fingerprint density at radius 1 is 1.33 bits per heavy atom. The van der Waals surface area contributed by atoms with E-state index in [0.717, 1.165) is 11.1 Å². The number of benzene rings is 1. The predicted octanol–water partition coefficient (Wildman–Crippen LogP) is 2.51. The van der Waals surface area contributed by atoms with Crippen LogP contribution >= 0.6 is 0 Å². The van der Waals surface area contributed by atoms with Gasteiger partial charge in [-0.2, -0.15) is 0 Å². The zero-order valence-corrected chi connectivity index (χ0v) is 12.5. The van der Waals surface area contributed by atoms with E-state index in [1.54, 1.807) is 27.2 Å². The number of ether oxygens (including phenoxy) is 4. The van der Waals surface area contributed by atoms with Gasteiger partial charge in [0.1, 0.15) is 12.0 Å². The molecule has 5 nitrogen and oxygen atoms in total. The Morgan fingerprint density at radius 2 is 2.05 bits per heavy atom. The third-order valence-corrected chi connectivity index (χ3v) is 3.47. The van der Waals surface area contributed by atoms with Crippen LogP contribution < -0.4 is 9.47 Å². The molecule has 1 heterocycles. The van der Waals surface area contributed by atoms with Crippen LogP contribution in [0.5, 0.6) is 11.5 Å². The van der Waals surface area contributed by atoms with Crippen LogP contribution in [0.25, 0.3) is 0 Å².